The number of hydrogen-bond acceptors (Lipinski definition) is 6. The fourth-order valence-corrected chi connectivity index (χ4v) is 8.61. The van der Waals surface area contributed by atoms with Crippen molar-refractivity contribution in [3.63, 3.8) is 0 Å². The number of hydrogen-bond donors (Lipinski definition) is 0. The Morgan fingerprint density at radius 1 is 0.317 bits per heavy atom. The minimum absolute atomic E-state index is 0.0639. The van der Waals surface area contributed by atoms with Crippen molar-refractivity contribution < 1.29 is 28.6 Å². The molecule has 2 atom stereocenters. The van der Waals surface area contributed by atoms with Crippen LogP contribution in [0.1, 0.15) is 311 Å². The van der Waals surface area contributed by atoms with Gasteiger partial charge in [-0.25, -0.2) is 0 Å². The van der Waals surface area contributed by atoms with Crippen molar-refractivity contribution in [3.8, 4) is 0 Å². The van der Waals surface area contributed by atoms with Gasteiger partial charge in [0.25, 0.3) is 0 Å². The molecule has 0 saturated carbocycles. The lowest BCUT2D eigenvalue weighted by atomic mass is 9.99. The molecule has 0 aromatic heterocycles. The number of esters is 3. The average molecular weight is 892 g/mol. The fourth-order valence-electron chi connectivity index (χ4n) is 8.61. The Kier molecular flexibility index (Phi) is 47.1. The lowest BCUT2D eigenvalue weighted by Crippen LogP contribution is -2.30. The standard InChI is InChI=1S/C57H110O6/c1-7-53(6)45-39-33-27-21-17-18-23-29-35-41-47-56(59)62-50-54(49-61-55(58)46-40-34-28-22-15-12-11-14-20-26-32-38-44-52(4)5)63-57(60)48-42-36-30-24-16-10-8-9-13-19-25-31-37-43-51(2)3/h51-54H,7-50H2,1-6H3/t53?,54-/m0/s1. The van der Waals surface area contributed by atoms with Gasteiger partial charge in [0.1, 0.15) is 13.2 Å². The summed E-state index contributed by atoms with van der Waals surface area (Å²) in [5.74, 6) is 1.70. The molecular formula is C57H110O6. The molecule has 0 N–H and O–H groups in total. The van der Waals surface area contributed by atoms with E-state index in [-0.39, 0.29) is 31.1 Å². The van der Waals surface area contributed by atoms with Crippen LogP contribution in [-0.2, 0) is 28.6 Å². The molecule has 6 nitrogen and oxygen atoms in total. The molecule has 0 spiro atoms. The van der Waals surface area contributed by atoms with Crippen molar-refractivity contribution >= 4 is 17.9 Å². The maximum absolute atomic E-state index is 12.8. The molecule has 0 aliphatic carbocycles. The Bertz CT molecular complexity index is 978. The van der Waals surface area contributed by atoms with E-state index in [1.54, 1.807) is 0 Å². The van der Waals surface area contributed by atoms with Gasteiger partial charge in [0.15, 0.2) is 6.10 Å². The second-order valence-corrected chi connectivity index (χ2v) is 20.8. The molecule has 0 fully saturated rings. The monoisotopic (exact) mass is 891 g/mol. The van der Waals surface area contributed by atoms with Crippen LogP contribution in [0.4, 0.5) is 0 Å². The molecule has 0 bridgehead atoms. The Labute approximate surface area is 393 Å². The Morgan fingerprint density at radius 3 is 0.825 bits per heavy atom. The summed E-state index contributed by atoms with van der Waals surface area (Å²) in [7, 11) is 0. The highest BCUT2D eigenvalue weighted by Gasteiger charge is 2.19. The predicted octanol–water partition coefficient (Wildman–Crippen LogP) is 18.3. The lowest BCUT2D eigenvalue weighted by Gasteiger charge is -2.18. The first kappa shape index (κ1) is 61.4. The summed E-state index contributed by atoms with van der Waals surface area (Å²) >= 11 is 0. The van der Waals surface area contributed by atoms with Crippen molar-refractivity contribution in [1.29, 1.82) is 0 Å². The van der Waals surface area contributed by atoms with E-state index < -0.39 is 6.10 Å². The quantitative estimate of drug-likeness (QED) is 0.0344. The summed E-state index contributed by atoms with van der Waals surface area (Å²) in [4.78, 5) is 38.1. The molecule has 374 valence electrons. The highest BCUT2D eigenvalue weighted by molar-refractivity contribution is 5.71. The topological polar surface area (TPSA) is 78.9 Å². The van der Waals surface area contributed by atoms with E-state index in [1.807, 2.05) is 0 Å². The largest absolute Gasteiger partial charge is 0.462 e. The maximum atomic E-state index is 12.8. The van der Waals surface area contributed by atoms with Crippen LogP contribution < -0.4 is 0 Å². The third-order valence-electron chi connectivity index (χ3n) is 13.3. The van der Waals surface area contributed by atoms with Gasteiger partial charge in [0, 0.05) is 19.3 Å². The van der Waals surface area contributed by atoms with E-state index in [1.165, 1.54) is 193 Å². The van der Waals surface area contributed by atoms with Gasteiger partial charge >= 0.3 is 17.9 Å². The van der Waals surface area contributed by atoms with E-state index in [2.05, 4.69) is 41.5 Å². The third kappa shape index (κ3) is 49.7. The molecule has 0 aromatic carbocycles. The highest BCUT2D eigenvalue weighted by atomic mass is 16.6. The van der Waals surface area contributed by atoms with Crippen molar-refractivity contribution in [2.45, 2.75) is 317 Å². The first-order valence-corrected chi connectivity index (χ1v) is 28.1. The van der Waals surface area contributed by atoms with Gasteiger partial charge in [-0.15, -0.1) is 0 Å². The summed E-state index contributed by atoms with van der Waals surface area (Å²) in [6, 6.07) is 0. The maximum Gasteiger partial charge on any atom is 0.306 e. The van der Waals surface area contributed by atoms with Gasteiger partial charge in [0.2, 0.25) is 0 Å². The van der Waals surface area contributed by atoms with Crippen molar-refractivity contribution in [3.05, 3.63) is 0 Å². The van der Waals surface area contributed by atoms with Gasteiger partial charge in [0.05, 0.1) is 0 Å². The number of rotatable bonds is 50. The molecule has 0 aliphatic heterocycles. The van der Waals surface area contributed by atoms with Crippen LogP contribution in [0.15, 0.2) is 0 Å². The molecule has 0 radical (unpaired) electrons. The molecule has 6 heteroatoms. The first-order valence-electron chi connectivity index (χ1n) is 28.1. The minimum Gasteiger partial charge on any atom is -0.462 e. The Hall–Kier alpha value is -1.59. The minimum atomic E-state index is -0.763. The summed E-state index contributed by atoms with van der Waals surface area (Å²) < 4.78 is 16.9. The highest BCUT2D eigenvalue weighted by Crippen LogP contribution is 2.18. The van der Waals surface area contributed by atoms with E-state index in [0.717, 1.165) is 75.5 Å². The van der Waals surface area contributed by atoms with E-state index in [0.29, 0.717) is 19.3 Å². The van der Waals surface area contributed by atoms with Gasteiger partial charge in [-0.3, -0.25) is 14.4 Å². The fraction of sp³-hybridized carbons (Fsp3) is 0.947. The van der Waals surface area contributed by atoms with Crippen LogP contribution in [0.3, 0.4) is 0 Å². The second kappa shape index (κ2) is 48.3. The van der Waals surface area contributed by atoms with Crippen LogP contribution >= 0.6 is 0 Å². The molecule has 0 amide bonds. The van der Waals surface area contributed by atoms with Gasteiger partial charge < -0.3 is 14.2 Å². The van der Waals surface area contributed by atoms with Gasteiger partial charge in [-0.05, 0) is 37.0 Å². The number of carbonyl (C=O) groups excluding carboxylic acids is 3. The second-order valence-electron chi connectivity index (χ2n) is 20.8. The average Bonchev–Trinajstić information content (AvgIpc) is 3.25. The summed E-state index contributed by atoms with van der Waals surface area (Å²) in [5, 5.41) is 0. The third-order valence-corrected chi connectivity index (χ3v) is 13.3. The van der Waals surface area contributed by atoms with E-state index in [4.69, 9.17) is 14.2 Å². The van der Waals surface area contributed by atoms with Crippen molar-refractivity contribution in [2.24, 2.45) is 17.8 Å². The predicted molar refractivity (Wildman–Crippen MR) is 270 cm³/mol. The zero-order chi connectivity index (χ0) is 46.3. The number of ether oxygens (including phenoxy) is 3. The van der Waals surface area contributed by atoms with Gasteiger partial charge in [-0.2, -0.15) is 0 Å². The normalized spacial score (nSPS) is 12.6. The molecule has 63 heavy (non-hydrogen) atoms. The van der Waals surface area contributed by atoms with Gasteiger partial charge in [-0.1, -0.05) is 273 Å². The SMILES string of the molecule is CCC(C)CCCCCCCCCCCCC(=O)OC[C@H](COC(=O)CCCCCCCCCCCCCCC(C)C)OC(=O)CCCCCCCCCCCCCCCC(C)C. The lowest BCUT2D eigenvalue weighted by molar-refractivity contribution is -0.167. The van der Waals surface area contributed by atoms with E-state index >= 15 is 0 Å². The van der Waals surface area contributed by atoms with E-state index in [9.17, 15) is 14.4 Å². The molecule has 0 rings (SSSR count). The smallest absolute Gasteiger partial charge is 0.306 e. The molecule has 0 aromatic rings. The number of carbonyl (C=O) groups is 3. The summed E-state index contributed by atoms with van der Waals surface area (Å²) in [5.41, 5.74) is 0. The Morgan fingerprint density at radius 2 is 0.556 bits per heavy atom. The van der Waals surface area contributed by atoms with Crippen LogP contribution in [-0.4, -0.2) is 37.2 Å². The molecule has 0 aliphatic rings. The first-order chi connectivity index (χ1) is 30.6. The molecule has 0 heterocycles. The van der Waals surface area contributed by atoms with Crippen molar-refractivity contribution in [1.82, 2.24) is 0 Å². The van der Waals surface area contributed by atoms with Crippen LogP contribution in [0, 0.1) is 17.8 Å². The van der Waals surface area contributed by atoms with Crippen molar-refractivity contribution in [2.75, 3.05) is 13.2 Å². The summed E-state index contributed by atoms with van der Waals surface area (Å²) in [6.45, 7) is 13.8. The van der Waals surface area contributed by atoms with Crippen LogP contribution in [0.25, 0.3) is 0 Å². The zero-order valence-corrected chi connectivity index (χ0v) is 43.4. The molecule has 1 unspecified atom stereocenters. The number of unbranched alkanes of at least 4 members (excludes halogenated alkanes) is 32. The zero-order valence-electron chi connectivity index (χ0n) is 43.4. The van der Waals surface area contributed by atoms with Crippen LogP contribution in [0.5, 0.6) is 0 Å². The van der Waals surface area contributed by atoms with Crippen LogP contribution in [0.2, 0.25) is 0 Å². The molecule has 0 saturated heterocycles. The molecular weight excluding hydrogens is 781 g/mol. The Balaban J connectivity index is 4.32. The summed E-state index contributed by atoms with van der Waals surface area (Å²) in [6.07, 6.45) is 49.4.